The second-order valence-electron chi connectivity index (χ2n) is 7.57. The summed E-state index contributed by atoms with van der Waals surface area (Å²) in [5.74, 6) is -0.0830. The molecule has 0 aliphatic carbocycles. The highest BCUT2D eigenvalue weighted by Gasteiger charge is 2.36. The zero-order valence-electron chi connectivity index (χ0n) is 16.4. The van der Waals surface area contributed by atoms with E-state index in [4.69, 9.17) is 0 Å². The lowest BCUT2D eigenvalue weighted by Gasteiger charge is -2.17. The molecule has 0 unspecified atom stereocenters. The third-order valence-corrected chi connectivity index (χ3v) is 5.44. The molecule has 4 N–H and O–H groups in total. The van der Waals surface area contributed by atoms with Crippen molar-refractivity contribution in [1.82, 2.24) is 10.6 Å². The lowest BCUT2D eigenvalue weighted by atomic mass is 9.88. The molecule has 29 heavy (non-hydrogen) atoms. The normalized spacial score (nSPS) is 18.5. The van der Waals surface area contributed by atoms with Crippen molar-refractivity contribution in [2.24, 2.45) is 11.8 Å². The van der Waals surface area contributed by atoms with Gasteiger partial charge in [-0.05, 0) is 54.7 Å². The van der Waals surface area contributed by atoms with Crippen LogP contribution < -0.4 is 10.6 Å². The van der Waals surface area contributed by atoms with E-state index >= 15 is 0 Å². The topological polar surface area (TPSA) is 98.7 Å². The number of Topliss-reactive ketones (excluding diaryl/α,β-unsaturated/α-hetero) is 1. The molecule has 154 valence electrons. The number of nitrogens with one attached hydrogen (secondary N) is 2. The second kappa shape index (κ2) is 10.1. The zero-order valence-corrected chi connectivity index (χ0v) is 16.4. The van der Waals surface area contributed by atoms with Gasteiger partial charge >= 0.3 is 0 Å². The molecule has 1 amide bonds. The highest BCUT2D eigenvalue weighted by atomic mass is 16.3. The number of carbonyl (C=O) groups is 2. The number of carbonyl (C=O) groups excluding carboxylic acids is 2. The molecule has 6 nitrogen and oxygen atoms in total. The lowest BCUT2D eigenvalue weighted by Crippen LogP contribution is -2.38. The van der Waals surface area contributed by atoms with Crippen LogP contribution in [0.2, 0.25) is 0 Å². The first-order chi connectivity index (χ1) is 14.0. The van der Waals surface area contributed by atoms with Crippen molar-refractivity contribution >= 4 is 11.7 Å². The van der Waals surface area contributed by atoms with Crippen LogP contribution in [0.4, 0.5) is 0 Å². The molecule has 0 saturated carbocycles. The molecule has 2 atom stereocenters. The minimum absolute atomic E-state index is 0.0781. The van der Waals surface area contributed by atoms with Gasteiger partial charge in [0.1, 0.15) is 17.3 Å². The Hall–Kier alpha value is -2.86. The predicted molar refractivity (Wildman–Crippen MR) is 111 cm³/mol. The van der Waals surface area contributed by atoms with E-state index in [0.717, 1.165) is 24.0 Å². The van der Waals surface area contributed by atoms with Crippen LogP contribution in [0.5, 0.6) is 11.5 Å². The predicted octanol–water partition coefficient (Wildman–Crippen LogP) is 2.18. The van der Waals surface area contributed by atoms with Crippen LogP contribution in [0, 0.1) is 11.8 Å². The Morgan fingerprint density at radius 3 is 2.03 bits per heavy atom. The van der Waals surface area contributed by atoms with E-state index in [1.54, 1.807) is 24.3 Å². The maximum absolute atomic E-state index is 12.6. The number of hydrogen-bond acceptors (Lipinski definition) is 5. The summed E-state index contributed by atoms with van der Waals surface area (Å²) < 4.78 is 0. The summed E-state index contributed by atoms with van der Waals surface area (Å²) >= 11 is 0. The minimum Gasteiger partial charge on any atom is -0.508 e. The number of ketones is 1. The molecular formula is C23H28N2O4. The van der Waals surface area contributed by atoms with E-state index in [1.807, 2.05) is 24.3 Å². The first-order valence-corrected chi connectivity index (χ1v) is 10.1. The highest BCUT2D eigenvalue weighted by Crippen LogP contribution is 2.21. The fourth-order valence-corrected chi connectivity index (χ4v) is 3.73. The van der Waals surface area contributed by atoms with Crippen molar-refractivity contribution in [1.29, 1.82) is 0 Å². The number of rotatable bonds is 9. The van der Waals surface area contributed by atoms with Crippen LogP contribution in [-0.2, 0) is 22.4 Å². The maximum atomic E-state index is 12.6. The number of amides is 1. The maximum Gasteiger partial charge on any atom is 0.225 e. The van der Waals surface area contributed by atoms with E-state index < -0.39 is 0 Å². The quantitative estimate of drug-likeness (QED) is 0.521. The van der Waals surface area contributed by atoms with Crippen molar-refractivity contribution in [2.75, 3.05) is 19.6 Å². The number of hydrogen-bond donors (Lipinski definition) is 4. The minimum atomic E-state index is -0.323. The summed E-state index contributed by atoms with van der Waals surface area (Å²) in [6.45, 7) is 1.58. The second-order valence-corrected chi connectivity index (χ2v) is 7.57. The molecule has 1 saturated heterocycles. The van der Waals surface area contributed by atoms with Gasteiger partial charge in [-0.1, -0.05) is 24.3 Å². The number of phenols is 2. The van der Waals surface area contributed by atoms with Crippen LogP contribution >= 0.6 is 0 Å². The van der Waals surface area contributed by atoms with E-state index in [-0.39, 0.29) is 35.0 Å². The van der Waals surface area contributed by atoms with E-state index in [2.05, 4.69) is 10.6 Å². The molecule has 1 fully saturated rings. The Morgan fingerprint density at radius 1 is 0.862 bits per heavy atom. The SMILES string of the molecule is O=C(CCCc1ccc(O)cc1)[C@@H]1CNC[C@H]1C(=O)NCCc1ccc(O)cc1. The molecule has 1 heterocycles. The van der Waals surface area contributed by atoms with Crippen LogP contribution in [-0.4, -0.2) is 41.5 Å². The Bertz CT molecular complexity index is 748. The van der Waals surface area contributed by atoms with Crippen molar-refractivity contribution in [3.8, 4) is 11.5 Å². The molecule has 6 heteroatoms. The number of aryl methyl sites for hydroxylation is 1. The summed E-state index contributed by atoms with van der Waals surface area (Å²) in [5.41, 5.74) is 2.12. The van der Waals surface area contributed by atoms with Crippen molar-refractivity contribution in [3.05, 3.63) is 59.7 Å². The monoisotopic (exact) mass is 396 g/mol. The third kappa shape index (κ3) is 6.06. The zero-order chi connectivity index (χ0) is 20.6. The van der Waals surface area contributed by atoms with Crippen molar-refractivity contribution < 1.29 is 19.8 Å². The van der Waals surface area contributed by atoms with Crippen LogP contribution in [0.3, 0.4) is 0 Å². The van der Waals surface area contributed by atoms with Crippen LogP contribution in [0.25, 0.3) is 0 Å². The summed E-state index contributed by atoms with van der Waals surface area (Å²) in [6, 6.07) is 13.9. The summed E-state index contributed by atoms with van der Waals surface area (Å²) in [5, 5.41) is 24.8. The summed E-state index contributed by atoms with van der Waals surface area (Å²) in [7, 11) is 0. The Kier molecular flexibility index (Phi) is 7.25. The molecule has 0 bridgehead atoms. The van der Waals surface area contributed by atoms with Gasteiger partial charge in [-0.15, -0.1) is 0 Å². The van der Waals surface area contributed by atoms with Crippen LogP contribution in [0.1, 0.15) is 24.0 Å². The largest absolute Gasteiger partial charge is 0.508 e. The van der Waals surface area contributed by atoms with Crippen LogP contribution in [0.15, 0.2) is 48.5 Å². The van der Waals surface area contributed by atoms with Crippen molar-refractivity contribution in [2.45, 2.75) is 25.7 Å². The van der Waals surface area contributed by atoms with Gasteiger partial charge in [0.25, 0.3) is 0 Å². The smallest absolute Gasteiger partial charge is 0.225 e. The van der Waals surface area contributed by atoms with Crippen molar-refractivity contribution in [3.63, 3.8) is 0 Å². The molecule has 1 aliphatic rings. The van der Waals surface area contributed by atoms with Gasteiger partial charge in [0, 0.05) is 32.0 Å². The van der Waals surface area contributed by atoms with Gasteiger partial charge < -0.3 is 20.8 Å². The highest BCUT2D eigenvalue weighted by molar-refractivity contribution is 5.89. The molecular weight excluding hydrogens is 368 g/mol. The molecule has 2 aromatic carbocycles. The van der Waals surface area contributed by atoms with Gasteiger partial charge in [0.15, 0.2) is 0 Å². The fraction of sp³-hybridized carbons (Fsp3) is 0.391. The lowest BCUT2D eigenvalue weighted by molar-refractivity contribution is -0.131. The Morgan fingerprint density at radius 2 is 1.41 bits per heavy atom. The fourth-order valence-electron chi connectivity index (χ4n) is 3.73. The third-order valence-electron chi connectivity index (χ3n) is 5.44. The molecule has 2 aromatic rings. The Balaban J connectivity index is 1.42. The summed E-state index contributed by atoms with van der Waals surface area (Å²) in [6.07, 6.45) is 2.63. The Labute approximate surface area is 171 Å². The average Bonchev–Trinajstić information content (AvgIpc) is 3.21. The van der Waals surface area contributed by atoms with Gasteiger partial charge in [0.05, 0.1) is 5.92 Å². The van der Waals surface area contributed by atoms with E-state index in [9.17, 15) is 19.8 Å². The molecule has 3 rings (SSSR count). The number of aromatic hydroxyl groups is 2. The molecule has 0 radical (unpaired) electrons. The summed E-state index contributed by atoms with van der Waals surface area (Å²) in [4.78, 5) is 25.2. The van der Waals surface area contributed by atoms with Gasteiger partial charge in [0.2, 0.25) is 5.91 Å². The standard InChI is InChI=1S/C23H28N2O4/c26-18-8-4-16(5-9-18)2-1-3-22(28)20-14-24-15-21(20)23(29)25-13-12-17-6-10-19(27)11-7-17/h4-11,20-21,24,26-27H,1-3,12-15H2,(H,25,29)/t20-,21-/m1/s1. The first kappa shape index (κ1) is 20.9. The first-order valence-electron chi connectivity index (χ1n) is 10.1. The van der Waals surface area contributed by atoms with E-state index in [1.165, 1.54) is 0 Å². The van der Waals surface area contributed by atoms with Gasteiger partial charge in [-0.3, -0.25) is 9.59 Å². The van der Waals surface area contributed by atoms with Gasteiger partial charge in [-0.25, -0.2) is 0 Å². The number of phenolic OH excluding ortho intramolecular Hbond substituents is 2. The number of benzene rings is 2. The van der Waals surface area contributed by atoms with E-state index in [0.29, 0.717) is 32.5 Å². The molecule has 0 spiro atoms. The van der Waals surface area contributed by atoms with Gasteiger partial charge in [-0.2, -0.15) is 0 Å². The molecule has 1 aliphatic heterocycles. The average molecular weight is 396 g/mol. The molecule has 0 aromatic heterocycles.